The monoisotopic (exact) mass is 303 g/mol. The molecule has 0 N–H and O–H groups in total. The fraction of sp³-hybridized carbons (Fsp3) is 0.529. The number of esters is 1. The van der Waals surface area contributed by atoms with Crippen LogP contribution in [-0.2, 0) is 19.1 Å². The van der Waals surface area contributed by atoms with Crippen LogP contribution < -0.4 is 0 Å². The van der Waals surface area contributed by atoms with Crippen LogP contribution in [0.1, 0.15) is 26.7 Å². The molecule has 0 bridgehead atoms. The third-order valence-corrected chi connectivity index (χ3v) is 3.57. The minimum absolute atomic E-state index is 0.0581. The van der Waals surface area contributed by atoms with Gasteiger partial charge in [-0.3, -0.25) is 0 Å². The molecule has 0 aromatic heterocycles. The van der Waals surface area contributed by atoms with Crippen molar-refractivity contribution in [2.75, 3.05) is 19.8 Å². The molecule has 2 atom stereocenters. The van der Waals surface area contributed by atoms with Crippen molar-refractivity contribution in [1.29, 1.82) is 0 Å². The summed E-state index contributed by atoms with van der Waals surface area (Å²) >= 11 is 0. The molecule has 1 aliphatic heterocycles. The van der Waals surface area contributed by atoms with Crippen molar-refractivity contribution in [2.24, 2.45) is 17.0 Å². The number of rotatable bonds is 5. The Morgan fingerprint density at radius 3 is 3.09 bits per heavy atom. The summed E-state index contributed by atoms with van der Waals surface area (Å²) in [4.78, 5) is 17.0. The van der Waals surface area contributed by atoms with Gasteiger partial charge in [0.2, 0.25) is 0 Å². The van der Waals surface area contributed by atoms with Crippen LogP contribution in [0.3, 0.4) is 0 Å². The molecule has 0 amide bonds. The average Bonchev–Trinajstić information content (AvgIpc) is 2.47. The molecule has 2 rings (SSSR count). The molecule has 5 heteroatoms. The van der Waals surface area contributed by atoms with Crippen LogP contribution in [0.25, 0.3) is 0 Å². The standard InChI is InChI=1S/C17H21NO4/c1-3-20-17(19)16-13(2)14(12-22-18-16)11-21-15-9-7-5-4-6-8-10-15/h7,9-10,13-14H,3,5,8,11-12H2,1-2H3/b9-7-,15-10+. The fourth-order valence-corrected chi connectivity index (χ4v) is 2.18. The minimum atomic E-state index is -0.417. The van der Waals surface area contributed by atoms with Crippen molar-refractivity contribution in [3.63, 3.8) is 0 Å². The Hall–Kier alpha value is -2.22. The maximum atomic E-state index is 11.8. The predicted molar refractivity (Wildman–Crippen MR) is 82.9 cm³/mol. The summed E-state index contributed by atoms with van der Waals surface area (Å²) in [5.41, 5.74) is 0.328. The normalized spacial score (nSPS) is 27.5. The number of oxime groups is 1. The number of carbonyl (C=O) groups excluding carboxylic acids is 1. The Balaban J connectivity index is 1.92. The first kappa shape index (κ1) is 16.2. The summed E-state index contributed by atoms with van der Waals surface area (Å²) in [6.45, 7) is 4.93. The third-order valence-electron chi connectivity index (χ3n) is 3.57. The lowest BCUT2D eigenvalue weighted by Crippen LogP contribution is -2.37. The van der Waals surface area contributed by atoms with E-state index in [4.69, 9.17) is 14.3 Å². The van der Waals surface area contributed by atoms with E-state index in [-0.39, 0.29) is 11.8 Å². The molecule has 22 heavy (non-hydrogen) atoms. The van der Waals surface area contributed by atoms with Crippen molar-refractivity contribution in [2.45, 2.75) is 26.7 Å². The van der Waals surface area contributed by atoms with Gasteiger partial charge in [0, 0.05) is 24.7 Å². The second-order valence-electron chi connectivity index (χ2n) is 5.12. The average molecular weight is 303 g/mol. The van der Waals surface area contributed by atoms with E-state index in [1.807, 2.05) is 25.2 Å². The lowest BCUT2D eigenvalue weighted by atomic mass is 9.90. The van der Waals surface area contributed by atoms with E-state index in [2.05, 4.69) is 17.0 Å². The SMILES string of the molecule is CCOC(=O)C1=NOCC(COC2=C/CC#CC/C=C\2)C1C. The van der Waals surface area contributed by atoms with Gasteiger partial charge < -0.3 is 14.3 Å². The molecule has 5 nitrogen and oxygen atoms in total. The first-order valence-corrected chi connectivity index (χ1v) is 7.54. The van der Waals surface area contributed by atoms with Crippen LogP contribution in [0.4, 0.5) is 0 Å². The summed E-state index contributed by atoms with van der Waals surface area (Å²) in [5.74, 6) is 6.45. The van der Waals surface area contributed by atoms with Gasteiger partial charge in [-0.05, 0) is 19.1 Å². The van der Waals surface area contributed by atoms with E-state index in [9.17, 15) is 4.79 Å². The Labute approximate surface area is 131 Å². The molecule has 0 aromatic carbocycles. The molecule has 1 heterocycles. The lowest BCUT2D eigenvalue weighted by Gasteiger charge is -2.27. The molecular weight excluding hydrogens is 282 g/mol. The molecule has 2 unspecified atom stereocenters. The molecule has 0 saturated heterocycles. The van der Waals surface area contributed by atoms with Gasteiger partial charge in [0.05, 0.1) is 13.2 Å². The number of carbonyl (C=O) groups is 1. The molecule has 0 fully saturated rings. The molecule has 0 spiro atoms. The molecule has 1 aliphatic carbocycles. The van der Waals surface area contributed by atoms with Crippen molar-refractivity contribution in [3.8, 4) is 11.8 Å². The fourth-order valence-electron chi connectivity index (χ4n) is 2.18. The number of nitrogens with zero attached hydrogens (tertiary/aromatic N) is 1. The Bertz CT molecular complexity index is 551. The van der Waals surface area contributed by atoms with Crippen LogP contribution in [0, 0.1) is 23.7 Å². The largest absolute Gasteiger partial charge is 0.493 e. The quantitative estimate of drug-likeness (QED) is 0.578. The highest BCUT2D eigenvalue weighted by atomic mass is 16.6. The summed E-state index contributed by atoms with van der Waals surface area (Å²) in [6.07, 6.45) is 7.29. The van der Waals surface area contributed by atoms with Gasteiger partial charge in [-0.15, -0.1) is 0 Å². The first-order chi connectivity index (χ1) is 10.7. The van der Waals surface area contributed by atoms with Gasteiger partial charge in [0.1, 0.15) is 12.4 Å². The second kappa shape index (κ2) is 8.28. The zero-order valence-electron chi connectivity index (χ0n) is 13.0. The molecule has 0 saturated carbocycles. The van der Waals surface area contributed by atoms with E-state index in [1.165, 1.54) is 0 Å². The Kier molecular flexibility index (Phi) is 6.08. The highest BCUT2D eigenvalue weighted by Crippen LogP contribution is 2.22. The summed E-state index contributed by atoms with van der Waals surface area (Å²) < 4.78 is 10.8. The second-order valence-corrected chi connectivity index (χ2v) is 5.12. The zero-order valence-corrected chi connectivity index (χ0v) is 13.0. The Morgan fingerprint density at radius 1 is 1.45 bits per heavy atom. The maximum Gasteiger partial charge on any atom is 0.356 e. The third kappa shape index (κ3) is 4.39. The van der Waals surface area contributed by atoms with Crippen LogP contribution in [-0.4, -0.2) is 31.5 Å². The van der Waals surface area contributed by atoms with Crippen molar-refractivity contribution >= 4 is 11.7 Å². The van der Waals surface area contributed by atoms with Crippen molar-refractivity contribution in [3.05, 3.63) is 24.0 Å². The topological polar surface area (TPSA) is 57.1 Å². The van der Waals surface area contributed by atoms with Crippen molar-refractivity contribution < 1.29 is 19.1 Å². The van der Waals surface area contributed by atoms with Crippen LogP contribution in [0.5, 0.6) is 0 Å². The molecule has 2 aliphatic rings. The highest BCUT2D eigenvalue weighted by molar-refractivity contribution is 6.37. The smallest absolute Gasteiger partial charge is 0.356 e. The van der Waals surface area contributed by atoms with Gasteiger partial charge in [-0.1, -0.05) is 30.0 Å². The lowest BCUT2D eigenvalue weighted by molar-refractivity contribution is -0.136. The number of allylic oxidation sites excluding steroid dienone is 3. The number of hydrogen-bond acceptors (Lipinski definition) is 5. The van der Waals surface area contributed by atoms with E-state index in [0.29, 0.717) is 32.0 Å². The van der Waals surface area contributed by atoms with E-state index in [0.717, 1.165) is 12.2 Å². The minimum Gasteiger partial charge on any atom is -0.493 e. The van der Waals surface area contributed by atoms with E-state index >= 15 is 0 Å². The summed E-state index contributed by atoms with van der Waals surface area (Å²) in [7, 11) is 0. The van der Waals surface area contributed by atoms with Crippen LogP contribution in [0.2, 0.25) is 0 Å². The molecular formula is C17H21NO4. The van der Waals surface area contributed by atoms with Crippen molar-refractivity contribution in [1.82, 2.24) is 0 Å². The highest BCUT2D eigenvalue weighted by Gasteiger charge is 2.33. The molecule has 0 aromatic rings. The number of ether oxygens (including phenoxy) is 2. The maximum absolute atomic E-state index is 11.8. The van der Waals surface area contributed by atoms with Gasteiger partial charge in [-0.2, -0.15) is 0 Å². The van der Waals surface area contributed by atoms with Crippen LogP contribution >= 0.6 is 0 Å². The zero-order chi connectivity index (χ0) is 15.8. The van der Waals surface area contributed by atoms with Gasteiger partial charge in [0.15, 0.2) is 5.71 Å². The van der Waals surface area contributed by atoms with Gasteiger partial charge in [-0.25, -0.2) is 4.79 Å². The van der Waals surface area contributed by atoms with Gasteiger partial charge in [0.25, 0.3) is 0 Å². The van der Waals surface area contributed by atoms with Gasteiger partial charge >= 0.3 is 5.97 Å². The number of hydrogen-bond donors (Lipinski definition) is 0. The molecule has 0 radical (unpaired) electrons. The Morgan fingerprint density at radius 2 is 2.27 bits per heavy atom. The first-order valence-electron chi connectivity index (χ1n) is 7.54. The predicted octanol–water partition coefficient (Wildman–Crippen LogP) is 2.44. The van der Waals surface area contributed by atoms with E-state index in [1.54, 1.807) is 6.92 Å². The summed E-state index contributed by atoms with van der Waals surface area (Å²) in [5, 5.41) is 3.84. The molecule has 118 valence electrons. The summed E-state index contributed by atoms with van der Waals surface area (Å²) in [6, 6.07) is 0. The van der Waals surface area contributed by atoms with Crippen LogP contribution in [0.15, 0.2) is 29.1 Å². The van der Waals surface area contributed by atoms with E-state index < -0.39 is 5.97 Å².